The lowest BCUT2D eigenvalue weighted by molar-refractivity contribution is -0.184. The lowest BCUT2D eigenvalue weighted by atomic mass is 9.45. The first kappa shape index (κ1) is 21.7. The number of rotatable bonds is 4. The van der Waals surface area contributed by atoms with Crippen molar-refractivity contribution in [1.29, 1.82) is 0 Å². The van der Waals surface area contributed by atoms with Gasteiger partial charge in [0.1, 0.15) is 5.60 Å². The molecule has 0 aromatic heterocycles. The Morgan fingerprint density at radius 2 is 1.97 bits per heavy atom. The zero-order chi connectivity index (χ0) is 21.9. The number of Topliss-reactive ketones (excluding diaryl/α,β-unsaturated/α-hetero) is 1. The summed E-state index contributed by atoms with van der Waals surface area (Å²) in [5.74, 6) is -0.712. The minimum atomic E-state index is -1.63. The normalized spacial score (nSPS) is 45.1. The molecule has 0 radical (unpaired) electrons. The summed E-state index contributed by atoms with van der Waals surface area (Å²) in [4.78, 5) is 36.3. The third kappa shape index (κ3) is 2.93. The topological polar surface area (TPSA) is 127 Å². The number of allylic oxidation sites excluding steroid dienone is 1. The van der Waals surface area contributed by atoms with Crippen molar-refractivity contribution < 1.29 is 29.3 Å². The highest BCUT2D eigenvalue weighted by atomic mass is 16.5. The van der Waals surface area contributed by atoms with Crippen molar-refractivity contribution in [2.24, 2.45) is 34.3 Å². The molecule has 0 saturated heterocycles. The molecule has 0 aliphatic heterocycles. The number of fused-ring (bicyclic) bond motifs is 5. The molecule has 0 amide bonds. The van der Waals surface area contributed by atoms with Gasteiger partial charge in [0.25, 0.3) is 0 Å². The van der Waals surface area contributed by atoms with E-state index in [4.69, 9.17) is 10.5 Å². The smallest absolute Gasteiger partial charge is 0.320 e. The Kier molecular flexibility index (Phi) is 5.23. The van der Waals surface area contributed by atoms with Gasteiger partial charge in [-0.25, -0.2) is 0 Å². The second-order valence-corrected chi connectivity index (χ2v) is 10.3. The summed E-state index contributed by atoms with van der Waals surface area (Å²) in [5, 5.41) is 22.8. The molecule has 4 aliphatic carbocycles. The first-order valence-electron chi connectivity index (χ1n) is 11.1. The van der Waals surface area contributed by atoms with Crippen LogP contribution < -0.4 is 5.73 Å². The van der Waals surface area contributed by atoms with Gasteiger partial charge in [-0.1, -0.05) is 19.4 Å². The molecule has 4 unspecified atom stereocenters. The van der Waals surface area contributed by atoms with E-state index in [-0.39, 0.29) is 35.5 Å². The van der Waals surface area contributed by atoms with E-state index in [1.807, 2.05) is 6.92 Å². The summed E-state index contributed by atoms with van der Waals surface area (Å²) in [5.41, 5.74) is 3.78. The van der Waals surface area contributed by atoms with Gasteiger partial charge in [-0.3, -0.25) is 14.4 Å². The molecule has 3 saturated carbocycles. The van der Waals surface area contributed by atoms with Gasteiger partial charge < -0.3 is 20.7 Å². The minimum Gasteiger partial charge on any atom is -0.457 e. The summed E-state index contributed by atoms with van der Waals surface area (Å²) in [6, 6.07) is 0. The van der Waals surface area contributed by atoms with Crippen LogP contribution in [0.1, 0.15) is 58.8 Å². The van der Waals surface area contributed by atoms with Crippen molar-refractivity contribution in [3.8, 4) is 0 Å². The number of hydrogen-bond acceptors (Lipinski definition) is 7. The minimum absolute atomic E-state index is 0.0243. The molecule has 0 heterocycles. The van der Waals surface area contributed by atoms with Crippen LogP contribution in [0, 0.1) is 28.6 Å². The Morgan fingerprint density at radius 1 is 1.23 bits per heavy atom. The molecule has 30 heavy (non-hydrogen) atoms. The van der Waals surface area contributed by atoms with Crippen molar-refractivity contribution >= 4 is 17.5 Å². The third-order valence-electron chi connectivity index (χ3n) is 9.04. The van der Waals surface area contributed by atoms with Crippen LogP contribution in [0.4, 0.5) is 0 Å². The zero-order valence-electron chi connectivity index (χ0n) is 17.9. The maximum Gasteiger partial charge on any atom is 0.320 e. The quantitative estimate of drug-likeness (QED) is 0.586. The van der Waals surface area contributed by atoms with Gasteiger partial charge >= 0.3 is 5.97 Å². The number of ketones is 2. The second-order valence-electron chi connectivity index (χ2n) is 10.3. The maximum atomic E-state index is 12.9. The molecule has 3 fully saturated rings. The fourth-order valence-corrected chi connectivity index (χ4v) is 7.47. The van der Waals surface area contributed by atoms with E-state index >= 15 is 0 Å². The number of esters is 1. The van der Waals surface area contributed by atoms with Crippen molar-refractivity contribution in [2.75, 3.05) is 13.2 Å². The van der Waals surface area contributed by atoms with Gasteiger partial charge in [-0.05, 0) is 67.8 Å². The van der Waals surface area contributed by atoms with Gasteiger partial charge in [0.15, 0.2) is 12.4 Å². The summed E-state index contributed by atoms with van der Waals surface area (Å²) < 4.78 is 4.91. The fourth-order valence-electron chi connectivity index (χ4n) is 7.47. The molecule has 166 valence electrons. The van der Waals surface area contributed by atoms with Gasteiger partial charge in [0, 0.05) is 11.8 Å². The molecule has 0 aromatic rings. The first-order chi connectivity index (χ1) is 14.1. The van der Waals surface area contributed by atoms with E-state index < -0.39 is 35.5 Å². The highest BCUT2D eigenvalue weighted by Crippen LogP contribution is 2.67. The van der Waals surface area contributed by atoms with Crippen LogP contribution in [0.5, 0.6) is 0 Å². The predicted octanol–water partition coefficient (Wildman–Crippen LogP) is 1.29. The van der Waals surface area contributed by atoms with Crippen LogP contribution in [0.2, 0.25) is 0 Å². The number of carbonyl (C=O) groups excluding carboxylic acids is 3. The molecule has 0 aromatic carbocycles. The highest BCUT2D eigenvalue weighted by molar-refractivity contribution is 5.92. The molecule has 7 heteroatoms. The van der Waals surface area contributed by atoms with Gasteiger partial charge in [-0.15, -0.1) is 0 Å². The molecular weight excluding hydrogens is 386 g/mol. The number of aliphatic hydroxyl groups excluding tert-OH is 1. The molecule has 7 atom stereocenters. The van der Waals surface area contributed by atoms with Crippen molar-refractivity contribution in [2.45, 2.75) is 70.5 Å². The molecule has 4 rings (SSSR count). The lowest BCUT2D eigenvalue weighted by Crippen LogP contribution is -2.62. The summed E-state index contributed by atoms with van der Waals surface area (Å²) in [7, 11) is 0. The van der Waals surface area contributed by atoms with E-state index in [1.54, 1.807) is 6.08 Å². The zero-order valence-corrected chi connectivity index (χ0v) is 17.9. The van der Waals surface area contributed by atoms with Gasteiger partial charge in [-0.2, -0.15) is 0 Å². The molecule has 4 aliphatic rings. The monoisotopic (exact) mass is 419 g/mol. The van der Waals surface area contributed by atoms with Crippen LogP contribution in [0.15, 0.2) is 11.6 Å². The predicted molar refractivity (Wildman–Crippen MR) is 108 cm³/mol. The molecule has 4 N–H and O–H groups in total. The largest absolute Gasteiger partial charge is 0.457 e. The van der Waals surface area contributed by atoms with Gasteiger partial charge in [0.2, 0.25) is 5.78 Å². The van der Waals surface area contributed by atoms with Crippen LogP contribution in [-0.4, -0.2) is 52.6 Å². The van der Waals surface area contributed by atoms with E-state index in [1.165, 1.54) is 0 Å². The highest BCUT2D eigenvalue weighted by Gasteiger charge is 2.68. The standard InChI is InChI=1S/C23H33NO6/c1-21-7-5-14(25)9-13(21)3-4-15-16-6-8-23(29,18(27)12-30-19(28)11-24)22(16,2)10-17(26)20(15)21/h9,15-17,20,26,29H,3-8,10-12,24H2,1-2H3/t15?,16?,17?,20?,21-,22-,23-/m0/s1. The second kappa shape index (κ2) is 7.24. The third-order valence-corrected chi connectivity index (χ3v) is 9.04. The Labute approximate surface area is 177 Å². The van der Waals surface area contributed by atoms with Crippen molar-refractivity contribution in [1.82, 2.24) is 0 Å². The number of aliphatic hydroxyl groups is 2. The molecule has 0 spiro atoms. The lowest BCUT2D eigenvalue weighted by Gasteiger charge is -2.60. The van der Waals surface area contributed by atoms with Crippen molar-refractivity contribution in [3.63, 3.8) is 0 Å². The van der Waals surface area contributed by atoms with E-state index in [9.17, 15) is 24.6 Å². The van der Waals surface area contributed by atoms with Crippen LogP contribution in [0.3, 0.4) is 0 Å². The first-order valence-corrected chi connectivity index (χ1v) is 11.1. The van der Waals surface area contributed by atoms with Crippen molar-refractivity contribution in [3.05, 3.63) is 11.6 Å². The Hall–Kier alpha value is -1.57. The number of nitrogens with two attached hydrogens (primary N) is 1. The average Bonchev–Trinajstić information content (AvgIpc) is 2.97. The summed E-state index contributed by atoms with van der Waals surface area (Å²) in [6.45, 7) is 3.27. The Balaban J connectivity index is 1.62. The van der Waals surface area contributed by atoms with Crippen LogP contribution in [0.25, 0.3) is 0 Å². The number of hydrogen-bond donors (Lipinski definition) is 3. The summed E-state index contributed by atoms with van der Waals surface area (Å²) >= 11 is 0. The van der Waals surface area contributed by atoms with Gasteiger partial charge in [0.05, 0.1) is 12.6 Å². The molecule has 7 nitrogen and oxygen atoms in total. The Bertz CT molecular complexity index is 808. The number of carbonyl (C=O) groups is 3. The van der Waals surface area contributed by atoms with E-state index in [0.29, 0.717) is 25.7 Å². The fraction of sp³-hybridized carbons (Fsp3) is 0.783. The SMILES string of the molecule is C[C@]12CCC(=O)C=C1CCC1C2C(O)C[C@@]2(C)C1CC[C@]2(O)C(=O)COC(=O)CN. The average molecular weight is 420 g/mol. The maximum absolute atomic E-state index is 12.9. The number of ether oxygens (including phenoxy) is 1. The Morgan fingerprint density at radius 3 is 2.67 bits per heavy atom. The van der Waals surface area contributed by atoms with Crippen LogP contribution >= 0.6 is 0 Å². The summed E-state index contributed by atoms with van der Waals surface area (Å²) in [6.07, 6.45) is 5.38. The molecule has 0 bridgehead atoms. The van der Waals surface area contributed by atoms with Crippen LogP contribution in [-0.2, 0) is 19.1 Å². The molecular formula is C23H33NO6. The van der Waals surface area contributed by atoms with E-state index in [0.717, 1.165) is 24.8 Å². The van der Waals surface area contributed by atoms with E-state index in [2.05, 4.69) is 6.92 Å².